The number of hydrogen-bond acceptors (Lipinski definition) is 3. The molecule has 0 unspecified atom stereocenters. The van der Waals surface area contributed by atoms with Crippen LogP contribution < -0.4 is 5.43 Å². The number of aryl methyl sites for hydroxylation is 1. The van der Waals surface area contributed by atoms with Gasteiger partial charge in [-0.1, -0.05) is 33.8 Å². The number of allylic oxidation sites excluding steroid dienone is 1. The van der Waals surface area contributed by atoms with E-state index in [1.54, 1.807) is 18.3 Å². The molecule has 0 aliphatic carbocycles. The van der Waals surface area contributed by atoms with E-state index in [4.69, 9.17) is 0 Å². The Bertz CT molecular complexity index is 965. The van der Waals surface area contributed by atoms with Crippen molar-refractivity contribution in [3.05, 3.63) is 75.5 Å². The van der Waals surface area contributed by atoms with Gasteiger partial charge in [0.25, 0.3) is 0 Å². The lowest BCUT2D eigenvalue weighted by atomic mass is 10.1. The quantitative estimate of drug-likeness (QED) is 0.423. The summed E-state index contributed by atoms with van der Waals surface area (Å²) in [7, 11) is 0. The van der Waals surface area contributed by atoms with E-state index >= 15 is 0 Å². The van der Waals surface area contributed by atoms with Gasteiger partial charge in [0.1, 0.15) is 5.82 Å². The Hall–Kier alpha value is -2.82. The smallest absolute Gasteiger partial charge is 0.193 e. The molecule has 0 saturated heterocycles. The number of carbonyl (C=O) groups excluding carboxylic acids is 1. The normalized spacial score (nSPS) is 11.9. The minimum absolute atomic E-state index is 0.180. The number of benzene rings is 1. The lowest BCUT2D eigenvalue weighted by Gasteiger charge is -2.14. The Morgan fingerprint density at radius 3 is 2.20 bits per heavy atom. The molecule has 0 spiro atoms. The molecule has 0 atom stereocenters. The molecule has 2 aromatic rings. The summed E-state index contributed by atoms with van der Waals surface area (Å²) in [5, 5.41) is 0. The van der Waals surface area contributed by atoms with Crippen molar-refractivity contribution in [2.24, 2.45) is 10.9 Å². The second-order valence-electron chi connectivity index (χ2n) is 7.80. The highest BCUT2D eigenvalue weighted by Crippen LogP contribution is 2.18. The molecule has 30 heavy (non-hydrogen) atoms. The third-order valence-electron chi connectivity index (χ3n) is 4.04. The third-order valence-corrected chi connectivity index (χ3v) is 4.04. The minimum Gasteiger partial charge on any atom is -0.346 e. The Morgan fingerprint density at radius 2 is 1.73 bits per heavy atom. The Morgan fingerprint density at radius 1 is 1.17 bits per heavy atom. The van der Waals surface area contributed by atoms with Gasteiger partial charge in [0, 0.05) is 18.8 Å². The van der Waals surface area contributed by atoms with Crippen LogP contribution in [0.25, 0.3) is 5.70 Å². The average molecular weight is 413 g/mol. The van der Waals surface area contributed by atoms with Crippen LogP contribution in [0.15, 0.2) is 52.4 Å². The molecule has 4 nitrogen and oxygen atoms in total. The van der Waals surface area contributed by atoms with Gasteiger partial charge in [0.05, 0.1) is 22.7 Å². The molecule has 5 heteroatoms. The lowest BCUT2D eigenvalue weighted by molar-refractivity contribution is 0.101. The zero-order valence-electron chi connectivity index (χ0n) is 19.1. The lowest BCUT2D eigenvalue weighted by Crippen LogP contribution is -2.21. The molecule has 1 aromatic carbocycles. The summed E-state index contributed by atoms with van der Waals surface area (Å²) in [6, 6.07) is 7.57. The maximum atomic E-state index is 13.1. The van der Waals surface area contributed by atoms with Crippen molar-refractivity contribution < 1.29 is 9.18 Å². The van der Waals surface area contributed by atoms with Crippen molar-refractivity contribution in [1.82, 2.24) is 4.57 Å². The standard InChI is InChI=1S/C21H23FN2O2.C4H10/c1-5-11-24-13-18(15(4)25)21(26)12-20(24)14(3)23-19(6-2)16-7-9-17(22)10-8-16;1-4(2)3/h6-10,12-13H,5,11H2,1-4H3;4H,1-3H3/b19-6-,23-14?;. The molecule has 0 fully saturated rings. The van der Waals surface area contributed by atoms with E-state index < -0.39 is 0 Å². The van der Waals surface area contributed by atoms with Crippen LogP contribution in [-0.2, 0) is 6.54 Å². The number of nitrogens with zero attached hydrogens (tertiary/aromatic N) is 2. The summed E-state index contributed by atoms with van der Waals surface area (Å²) < 4.78 is 15.0. The summed E-state index contributed by atoms with van der Waals surface area (Å²) in [6.07, 6.45) is 4.30. The van der Waals surface area contributed by atoms with Crippen molar-refractivity contribution in [3.8, 4) is 0 Å². The van der Waals surface area contributed by atoms with E-state index in [-0.39, 0.29) is 22.6 Å². The average Bonchev–Trinajstić information content (AvgIpc) is 2.67. The minimum atomic E-state index is -0.307. The monoisotopic (exact) mass is 412 g/mol. The van der Waals surface area contributed by atoms with Crippen LogP contribution >= 0.6 is 0 Å². The van der Waals surface area contributed by atoms with Crippen molar-refractivity contribution >= 4 is 17.2 Å². The molecule has 0 bridgehead atoms. The molecule has 1 heterocycles. The fourth-order valence-electron chi connectivity index (χ4n) is 2.73. The number of aromatic nitrogens is 1. The first-order valence-corrected chi connectivity index (χ1v) is 10.3. The van der Waals surface area contributed by atoms with Crippen LogP contribution in [0.1, 0.15) is 76.5 Å². The van der Waals surface area contributed by atoms with Gasteiger partial charge in [-0.2, -0.15) is 0 Å². The zero-order valence-corrected chi connectivity index (χ0v) is 19.1. The van der Waals surface area contributed by atoms with Gasteiger partial charge >= 0.3 is 0 Å². The van der Waals surface area contributed by atoms with Gasteiger partial charge < -0.3 is 4.57 Å². The number of pyridine rings is 1. The van der Waals surface area contributed by atoms with Crippen molar-refractivity contribution in [1.29, 1.82) is 0 Å². The van der Waals surface area contributed by atoms with Crippen LogP contribution in [-0.4, -0.2) is 16.1 Å². The van der Waals surface area contributed by atoms with E-state index in [0.717, 1.165) is 17.9 Å². The van der Waals surface area contributed by atoms with Crippen LogP contribution in [0.3, 0.4) is 0 Å². The second kappa shape index (κ2) is 12.0. The maximum Gasteiger partial charge on any atom is 0.193 e. The molecule has 0 N–H and O–H groups in total. The van der Waals surface area contributed by atoms with E-state index in [1.807, 2.05) is 31.4 Å². The maximum absolute atomic E-state index is 13.1. The predicted molar refractivity (Wildman–Crippen MR) is 124 cm³/mol. The van der Waals surface area contributed by atoms with Crippen LogP contribution in [0.4, 0.5) is 4.39 Å². The van der Waals surface area contributed by atoms with Gasteiger partial charge in [-0.05, 0) is 62.9 Å². The van der Waals surface area contributed by atoms with E-state index in [0.29, 0.717) is 23.6 Å². The third kappa shape index (κ3) is 7.54. The first-order valence-electron chi connectivity index (χ1n) is 10.3. The first kappa shape index (κ1) is 25.2. The Balaban J connectivity index is 0.00000103. The van der Waals surface area contributed by atoms with Gasteiger partial charge in [-0.3, -0.25) is 14.6 Å². The zero-order chi connectivity index (χ0) is 22.8. The highest BCUT2D eigenvalue weighted by molar-refractivity contribution is 6.01. The van der Waals surface area contributed by atoms with E-state index in [2.05, 4.69) is 25.8 Å². The summed E-state index contributed by atoms with van der Waals surface area (Å²) in [5.41, 5.74) is 2.68. The fraction of sp³-hybridized carbons (Fsp3) is 0.400. The second-order valence-corrected chi connectivity index (χ2v) is 7.80. The summed E-state index contributed by atoms with van der Waals surface area (Å²) >= 11 is 0. The SMILES string of the molecule is C/C=C(\N=C(C)c1cc(=O)c(C(C)=O)cn1CCC)c1ccc(F)cc1.CC(C)C. The van der Waals surface area contributed by atoms with Crippen LogP contribution in [0, 0.1) is 11.7 Å². The highest BCUT2D eigenvalue weighted by atomic mass is 19.1. The number of halogens is 1. The topological polar surface area (TPSA) is 51.4 Å². The summed E-state index contributed by atoms with van der Waals surface area (Å²) in [6.45, 7) is 14.3. The van der Waals surface area contributed by atoms with E-state index in [1.165, 1.54) is 25.1 Å². The Kier molecular flexibility index (Phi) is 10.1. The molecule has 0 aliphatic rings. The molecule has 0 amide bonds. The number of ketones is 1. The summed E-state index contributed by atoms with van der Waals surface area (Å²) in [5.74, 6) is 0.281. The molecule has 1 aromatic heterocycles. The first-order chi connectivity index (χ1) is 14.1. The van der Waals surface area contributed by atoms with Gasteiger partial charge in [-0.25, -0.2) is 4.39 Å². The molecular weight excluding hydrogens is 379 g/mol. The number of rotatable bonds is 6. The molecule has 0 saturated carbocycles. The van der Waals surface area contributed by atoms with Crippen LogP contribution in [0.5, 0.6) is 0 Å². The molecule has 162 valence electrons. The van der Waals surface area contributed by atoms with Gasteiger partial charge in [0.15, 0.2) is 11.2 Å². The molecule has 0 aliphatic heterocycles. The molecule has 0 radical (unpaired) electrons. The highest BCUT2D eigenvalue weighted by Gasteiger charge is 2.12. The fourth-order valence-corrected chi connectivity index (χ4v) is 2.73. The number of hydrogen-bond donors (Lipinski definition) is 0. The van der Waals surface area contributed by atoms with Crippen molar-refractivity contribution in [3.63, 3.8) is 0 Å². The molecule has 2 rings (SSSR count). The van der Waals surface area contributed by atoms with Crippen LogP contribution in [0.2, 0.25) is 0 Å². The van der Waals surface area contributed by atoms with Crippen molar-refractivity contribution in [2.45, 2.75) is 61.4 Å². The predicted octanol–water partition coefficient (Wildman–Crippen LogP) is 6.13. The van der Waals surface area contributed by atoms with Gasteiger partial charge in [0.2, 0.25) is 0 Å². The number of carbonyl (C=O) groups is 1. The number of aliphatic imine (C=N–C) groups is 1. The van der Waals surface area contributed by atoms with E-state index in [9.17, 15) is 14.0 Å². The van der Waals surface area contributed by atoms with Gasteiger partial charge in [-0.15, -0.1) is 0 Å². The largest absolute Gasteiger partial charge is 0.346 e. The Labute approximate surface area is 179 Å². The molecular formula is C25H33FN2O2. The van der Waals surface area contributed by atoms with Crippen molar-refractivity contribution in [2.75, 3.05) is 0 Å². The number of Topliss-reactive ketones (excluding diaryl/α,β-unsaturated/α-hetero) is 1. The summed E-state index contributed by atoms with van der Waals surface area (Å²) in [4.78, 5) is 28.6.